The Bertz CT molecular complexity index is 1180. The highest BCUT2D eigenvalue weighted by molar-refractivity contribution is 7.89. The monoisotopic (exact) mass is 437 g/mol. The van der Waals surface area contributed by atoms with Crippen molar-refractivity contribution in [3.05, 3.63) is 77.9 Å². The minimum atomic E-state index is -3.56. The fourth-order valence-electron chi connectivity index (χ4n) is 4.77. The second kappa shape index (κ2) is 8.02. The summed E-state index contributed by atoms with van der Waals surface area (Å²) in [6, 6.07) is 21.6. The lowest BCUT2D eigenvalue weighted by atomic mass is 9.85. The molecule has 0 amide bonds. The fraction of sp³-hybridized carbons (Fsp3) is 0.360. The summed E-state index contributed by atoms with van der Waals surface area (Å²) in [6.07, 6.45) is 1.21. The van der Waals surface area contributed by atoms with Gasteiger partial charge in [-0.05, 0) is 35.4 Å². The van der Waals surface area contributed by atoms with Crippen molar-refractivity contribution in [1.82, 2.24) is 4.31 Å². The second-order valence-corrected chi connectivity index (χ2v) is 10.5. The summed E-state index contributed by atoms with van der Waals surface area (Å²) >= 11 is 0. The SMILES string of the molecule is Cc1ccc(S(=O)(=O)N2CCO[C@]3(CCO[C@H](c4cccc5ccccc45)C3)C2)cc1. The van der Waals surface area contributed by atoms with E-state index >= 15 is 0 Å². The first-order valence-corrected chi connectivity index (χ1v) is 12.2. The van der Waals surface area contributed by atoms with Crippen molar-refractivity contribution in [3.63, 3.8) is 0 Å². The molecule has 2 atom stereocenters. The van der Waals surface area contributed by atoms with Gasteiger partial charge in [-0.2, -0.15) is 4.31 Å². The Balaban J connectivity index is 1.42. The van der Waals surface area contributed by atoms with E-state index in [2.05, 4.69) is 30.3 Å². The third kappa shape index (κ3) is 3.89. The van der Waals surface area contributed by atoms with Gasteiger partial charge in [-0.25, -0.2) is 8.42 Å². The Morgan fingerprint density at radius 2 is 1.74 bits per heavy atom. The zero-order valence-electron chi connectivity index (χ0n) is 17.7. The highest BCUT2D eigenvalue weighted by Gasteiger charge is 2.45. The average Bonchev–Trinajstić information content (AvgIpc) is 2.79. The Kier molecular flexibility index (Phi) is 5.34. The number of aryl methyl sites for hydroxylation is 1. The Labute approximate surface area is 183 Å². The van der Waals surface area contributed by atoms with Crippen LogP contribution in [0.25, 0.3) is 10.8 Å². The van der Waals surface area contributed by atoms with E-state index in [4.69, 9.17) is 9.47 Å². The maximum atomic E-state index is 13.3. The van der Waals surface area contributed by atoms with Gasteiger partial charge >= 0.3 is 0 Å². The minimum Gasteiger partial charge on any atom is -0.373 e. The van der Waals surface area contributed by atoms with Crippen LogP contribution in [0.5, 0.6) is 0 Å². The van der Waals surface area contributed by atoms with Crippen molar-refractivity contribution in [3.8, 4) is 0 Å². The van der Waals surface area contributed by atoms with E-state index in [0.717, 1.165) is 11.1 Å². The first-order valence-electron chi connectivity index (χ1n) is 10.8. The van der Waals surface area contributed by atoms with Crippen LogP contribution in [0.1, 0.15) is 30.1 Å². The number of fused-ring (bicyclic) bond motifs is 1. The van der Waals surface area contributed by atoms with Gasteiger partial charge in [0.25, 0.3) is 0 Å². The zero-order valence-corrected chi connectivity index (χ0v) is 18.5. The van der Waals surface area contributed by atoms with Crippen LogP contribution in [0.2, 0.25) is 0 Å². The van der Waals surface area contributed by atoms with Gasteiger partial charge in [0, 0.05) is 25.9 Å². The van der Waals surface area contributed by atoms with Gasteiger partial charge < -0.3 is 9.47 Å². The molecular formula is C25H27NO4S. The van der Waals surface area contributed by atoms with Crippen LogP contribution in [-0.4, -0.2) is 44.6 Å². The minimum absolute atomic E-state index is 0.123. The normalized spacial score (nSPS) is 25.1. The second-order valence-electron chi connectivity index (χ2n) is 8.57. The van der Waals surface area contributed by atoms with Crippen LogP contribution in [0.15, 0.2) is 71.6 Å². The largest absolute Gasteiger partial charge is 0.373 e. The van der Waals surface area contributed by atoms with Crippen LogP contribution in [-0.2, 0) is 19.5 Å². The molecule has 0 radical (unpaired) electrons. The van der Waals surface area contributed by atoms with Crippen molar-refractivity contribution in [2.75, 3.05) is 26.3 Å². The van der Waals surface area contributed by atoms with Gasteiger partial charge in [0.2, 0.25) is 10.0 Å². The fourth-order valence-corrected chi connectivity index (χ4v) is 6.26. The molecule has 2 fully saturated rings. The number of sulfonamides is 1. The molecule has 0 N–H and O–H groups in total. The Morgan fingerprint density at radius 1 is 0.968 bits per heavy atom. The molecule has 6 heteroatoms. The molecule has 5 nitrogen and oxygen atoms in total. The molecule has 162 valence electrons. The van der Waals surface area contributed by atoms with Crippen molar-refractivity contribution < 1.29 is 17.9 Å². The summed E-state index contributed by atoms with van der Waals surface area (Å²) in [5.74, 6) is 0. The van der Waals surface area contributed by atoms with Gasteiger partial charge in [-0.1, -0.05) is 60.2 Å². The van der Waals surface area contributed by atoms with E-state index in [9.17, 15) is 8.42 Å². The molecule has 0 aromatic heterocycles. The van der Waals surface area contributed by atoms with Crippen LogP contribution in [0.4, 0.5) is 0 Å². The molecule has 0 bridgehead atoms. The van der Waals surface area contributed by atoms with E-state index in [-0.39, 0.29) is 6.10 Å². The van der Waals surface area contributed by atoms with Crippen molar-refractivity contribution >= 4 is 20.8 Å². The number of rotatable bonds is 3. The third-order valence-corrected chi connectivity index (χ3v) is 8.34. The van der Waals surface area contributed by atoms with Gasteiger partial charge in [0.05, 0.1) is 29.8 Å². The number of ether oxygens (including phenoxy) is 2. The molecule has 3 aromatic rings. The zero-order chi connectivity index (χ0) is 21.5. The lowest BCUT2D eigenvalue weighted by Crippen LogP contribution is -2.56. The number of nitrogens with zero attached hydrogens (tertiary/aromatic N) is 1. The van der Waals surface area contributed by atoms with Crippen LogP contribution >= 0.6 is 0 Å². The predicted octanol–water partition coefficient (Wildman–Crippen LogP) is 4.46. The molecule has 0 unspecified atom stereocenters. The summed E-state index contributed by atoms with van der Waals surface area (Å²) in [5.41, 5.74) is 1.65. The lowest BCUT2D eigenvalue weighted by molar-refractivity contribution is -0.163. The van der Waals surface area contributed by atoms with Gasteiger partial charge in [-0.15, -0.1) is 0 Å². The predicted molar refractivity (Wildman–Crippen MR) is 120 cm³/mol. The molecule has 2 aliphatic heterocycles. The van der Waals surface area contributed by atoms with E-state index < -0.39 is 15.6 Å². The average molecular weight is 438 g/mol. The maximum Gasteiger partial charge on any atom is 0.243 e. The standard InChI is InChI=1S/C25H27NO4S/c1-19-9-11-21(12-10-19)31(27,28)26-14-16-30-25(18-26)13-15-29-24(17-25)23-8-4-6-20-5-2-3-7-22(20)23/h2-12,24H,13-18H2,1H3/t24-,25-/m0/s1. The molecule has 0 aliphatic carbocycles. The number of morpholine rings is 1. The van der Waals surface area contributed by atoms with Crippen LogP contribution < -0.4 is 0 Å². The molecule has 2 heterocycles. The highest BCUT2D eigenvalue weighted by atomic mass is 32.2. The summed E-state index contributed by atoms with van der Waals surface area (Å²) in [7, 11) is -3.56. The van der Waals surface area contributed by atoms with E-state index in [1.807, 2.05) is 31.2 Å². The summed E-state index contributed by atoms with van der Waals surface area (Å²) in [6.45, 7) is 3.63. The molecule has 31 heavy (non-hydrogen) atoms. The highest BCUT2D eigenvalue weighted by Crippen LogP contribution is 2.41. The van der Waals surface area contributed by atoms with Crippen LogP contribution in [0, 0.1) is 6.92 Å². The summed E-state index contributed by atoms with van der Waals surface area (Å²) < 4.78 is 40.6. The molecule has 5 rings (SSSR count). The van der Waals surface area contributed by atoms with Crippen molar-refractivity contribution in [1.29, 1.82) is 0 Å². The molecule has 1 spiro atoms. The summed E-state index contributed by atoms with van der Waals surface area (Å²) in [5, 5.41) is 2.35. The quantitative estimate of drug-likeness (QED) is 0.607. The first kappa shape index (κ1) is 20.6. The molecule has 3 aromatic carbocycles. The summed E-state index contributed by atoms with van der Waals surface area (Å²) in [4.78, 5) is 0.341. The number of hydrogen-bond acceptors (Lipinski definition) is 4. The van der Waals surface area contributed by atoms with Crippen LogP contribution in [0.3, 0.4) is 0 Å². The molecular weight excluding hydrogens is 410 g/mol. The lowest BCUT2D eigenvalue weighted by Gasteiger charge is -2.46. The van der Waals surface area contributed by atoms with Gasteiger partial charge in [0.1, 0.15) is 0 Å². The maximum absolute atomic E-state index is 13.3. The van der Waals surface area contributed by atoms with E-state index in [1.165, 1.54) is 10.8 Å². The van der Waals surface area contributed by atoms with Crippen molar-refractivity contribution in [2.24, 2.45) is 0 Å². The van der Waals surface area contributed by atoms with Crippen molar-refractivity contribution in [2.45, 2.75) is 36.4 Å². The third-order valence-electron chi connectivity index (χ3n) is 6.48. The topological polar surface area (TPSA) is 55.8 Å². The molecule has 2 aliphatic rings. The van der Waals surface area contributed by atoms with E-state index in [0.29, 0.717) is 44.0 Å². The first-order chi connectivity index (χ1) is 15.0. The Hall–Kier alpha value is -2.25. The number of hydrogen-bond donors (Lipinski definition) is 0. The Morgan fingerprint density at radius 3 is 2.58 bits per heavy atom. The van der Waals surface area contributed by atoms with Gasteiger partial charge in [-0.3, -0.25) is 0 Å². The van der Waals surface area contributed by atoms with Gasteiger partial charge in [0.15, 0.2) is 0 Å². The molecule has 0 saturated carbocycles. The van der Waals surface area contributed by atoms with E-state index in [1.54, 1.807) is 16.4 Å². The molecule has 2 saturated heterocycles. The smallest absolute Gasteiger partial charge is 0.243 e. The number of benzene rings is 3.